The van der Waals surface area contributed by atoms with Crippen LogP contribution in [0.3, 0.4) is 0 Å². The highest BCUT2D eigenvalue weighted by molar-refractivity contribution is 6.37. The first-order valence-corrected chi connectivity index (χ1v) is 6.78. The second-order valence-electron chi connectivity index (χ2n) is 4.45. The third kappa shape index (κ3) is 4.14. The Morgan fingerprint density at radius 3 is 2.42 bits per heavy atom. The molecule has 1 aromatic rings. The molecule has 1 rings (SSSR count). The van der Waals surface area contributed by atoms with E-state index >= 15 is 0 Å². The molecule has 1 amide bonds. The Kier molecular flexibility index (Phi) is 5.69. The van der Waals surface area contributed by atoms with Gasteiger partial charge in [0.05, 0.1) is 10.0 Å². The molecule has 0 aliphatic heterocycles. The first-order valence-electron chi connectivity index (χ1n) is 6.02. The van der Waals surface area contributed by atoms with Crippen molar-refractivity contribution in [3.63, 3.8) is 0 Å². The molecule has 0 fully saturated rings. The van der Waals surface area contributed by atoms with Crippen molar-refractivity contribution < 1.29 is 4.79 Å². The van der Waals surface area contributed by atoms with Crippen LogP contribution in [0, 0.1) is 5.92 Å². The van der Waals surface area contributed by atoms with Crippen molar-refractivity contribution in [2.24, 2.45) is 11.7 Å². The lowest BCUT2D eigenvalue weighted by Gasteiger charge is -2.21. The van der Waals surface area contributed by atoms with Crippen molar-refractivity contribution in [1.29, 1.82) is 0 Å². The number of hydrogen-bond acceptors (Lipinski definition) is 4. The lowest BCUT2D eigenvalue weighted by Crippen LogP contribution is -2.39. The molecule has 0 aliphatic rings. The van der Waals surface area contributed by atoms with Crippen molar-refractivity contribution in [3.05, 3.63) is 16.1 Å². The van der Waals surface area contributed by atoms with E-state index in [0.717, 1.165) is 0 Å². The predicted octanol–water partition coefficient (Wildman–Crippen LogP) is 2.74. The van der Waals surface area contributed by atoms with E-state index in [1.165, 1.54) is 0 Å². The van der Waals surface area contributed by atoms with Gasteiger partial charge < -0.3 is 16.4 Å². The predicted molar refractivity (Wildman–Crippen MR) is 79.9 cm³/mol. The number of hydrogen-bond donors (Lipinski definition) is 3. The van der Waals surface area contributed by atoms with Crippen LogP contribution in [0.15, 0.2) is 6.07 Å². The molecule has 7 heteroatoms. The van der Waals surface area contributed by atoms with Gasteiger partial charge in [-0.1, -0.05) is 37.0 Å². The monoisotopic (exact) mass is 304 g/mol. The number of carbonyl (C=O) groups excluding carboxylic acids is 1. The van der Waals surface area contributed by atoms with Gasteiger partial charge in [0.25, 0.3) is 0 Å². The van der Waals surface area contributed by atoms with Crippen LogP contribution in [0.4, 0.5) is 11.6 Å². The number of rotatable bonds is 6. The summed E-state index contributed by atoms with van der Waals surface area (Å²) < 4.78 is 0. The molecule has 1 atom stereocenters. The Hall–Kier alpha value is -1.20. The lowest BCUT2D eigenvalue weighted by molar-refractivity contribution is -0.119. The van der Waals surface area contributed by atoms with Crippen LogP contribution in [0.2, 0.25) is 10.0 Å². The first kappa shape index (κ1) is 15.9. The Balaban J connectivity index is 3.05. The van der Waals surface area contributed by atoms with Crippen molar-refractivity contribution in [3.8, 4) is 0 Å². The molecule has 0 bridgehead atoms. The molecular weight excluding hydrogens is 287 g/mol. The minimum Gasteiger partial charge on any atom is -0.369 e. The van der Waals surface area contributed by atoms with E-state index in [-0.39, 0.29) is 5.92 Å². The minimum atomic E-state index is -0.541. The number of pyridine rings is 1. The molecular formula is C12H18Cl2N4O. The largest absolute Gasteiger partial charge is 0.369 e. The third-order valence-corrected chi connectivity index (χ3v) is 3.12. The van der Waals surface area contributed by atoms with Gasteiger partial charge in [-0.2, -0.15) is 0 Å². The number of carbonyl (C=O) groups is 1. The van der Waals surface area contributed by atoms with Gasteiger partial charge in [-0.25, -0.2) is 4.98 Å². The molecule has 0 aromatic carbocycles. The number of amides is 1. The van der Waals surface area contributed by atoms with Gasteiger partial charge >= 0.3 is 0 Å². The smallest absolute Gasteiger partial charge is 0.240 e. The van der Waals surface area contributed by atoms with Crippen LogP contribution in [0.25, 0.3) is 0 Å². The Bertz CT molecular complexity index is 465. The maximum absolute atomic E-state index is 11.4. The summed E-state index contributed by atoms with van der Waals surface area (Å²) >= 11 is 12.1. The van der Waals surface area contributed by atoms with Gasteiger partial charge in [-0.3, -0.25) is 4.79 Å². The quantitative estimate of drug-likeness (QED) is 0.755. The summed E-state index contributed by atoms with van der Waals surface area (Å²) in [7, 11) is 0. The Morgan fingerprint density at radius 2 is 1.95 bits per heavy atom. The van der Waals surface area contributed by atoms with E-state index in [1.54, 1.807) is 6.07 Å². The average Bonchev–Trinajstić information content (AvgIpc) is 2.30. The maximum atomic E-state index is 11.4. The molecule has 1 aromatic heterocycles. The normalized spacial score (nSPS) is 12.3. The molecule has 19 heavy (non-hydrogen) atoms. The number of primary amides is 1. The number of anilines is 2. The number of halogens is 2. The Labute approximate surface area is 122 Å². The fourth-order valence-corrected chi connectivity index (χ4v) is 2.05. The standard InChI is InChI=1S/C12H18Cl2N4O/c1-4-16-11-7(13)5-8(14)12(18-11)17-9(6(2)3)10(15)19/h5-6,9H,4H2,1-3H3,(H2,15,19)(H2,16,17,18). The summed E-state index contributed by atoms with van der Waals surface area (Å²) in [6, 6.07) is 1.04. The molecule has 1 unspecified atom stereocenters. The molecule has 4 N–H and O–H groups in total. The Morgan fingerprint density at radius 1 is 1.37 bits per heavy atom. The van der Waals surface area contributed by atoms with Crippen molar-refractivity contribution in [2.75, 3.05) is 17.2 Å². The van der Waals surface area contributed by atoms with Crippen LogP contribution >= 0.6 is 23.2 Å². The second-order valence-corrected chi connectivity index (χ2v) is 5.26. The summed E-state index contributed by atoms with van der Waals surface area (Å²) in [5.41, 5.74) is 5.35. The van der Waals surface area contributed by atoms with E-state index in [9.17, 15) is 4.79 Å². The first-order chi connectivity index (χ1) is 8.86. The van der Waals surface area contributed by atoms with E-state index in [0.29, 0.717) is 28.2 Å². The van der Waals surface area contributed by atoms with E-state index in [1.807, 2.05) is 20.8 Å². The van der Waals surface area contributed by atoms with Gasteiger partial charge in [0.1, 0.15) is 17.7 Å². The highest BCUT2D eigenvalue weighted by atomic mass is 35.5. The fraction of sp³-hybridized carbons (Fsp3) is 0.500. The van der Waals surface area contributed by atoms with Gasteiger partial charge in [-0.05, 0) is 18.9 Å². The fourth-order valence-electron chi connectivity index (χ4n) is 1.57. The van der Waals surface area contributed by atoms with Crippen LogP contribution < -0.4 is 16.4 Å². The topological polar surface area (TPSA) is 80.0 Å². The summed E-state index contributed by atoms with van der Waals surface area (Å²) in [6.45, 7) is 6.38. The molecule has 1 heterocycles. The second kappa shape index (κ2) is 6.82. The van der Waals surface area contributed by atoms with Crippen LogP contribution in [-0.4, -0.2) is 23.5 Å². The highest BCUT2D eigenvalue weighted by Crippen LogP contribution is 2.30. The molecule has 106 valence electrons. The zero-order valence-electron chi connectivity index (χ0n) is 11.1. The van der Waals surface area contributed by atoms with Gasteiger partial charge in [0.15, 0.2) is 0 Å². The molecule has 0 saturated carbocycles. The van der Waals surface area contributed by atoms with E-state index in [4.69, 9.17) is 28.9 Å². The number of nitrogens with two attached hydrogens (primary N) is 1. The zero-order valence-corrected chi connectivity index (χ0v) is 12.6. The van der Waals surface area contributed by atoms with Crippen molar-refractivity contribution in [2.45, 2.75) is 26.8 Å². The summed E-state index contributed by atoms with van der Waals surface area (Å²) in [6.07, 6.45) is 0. The van der Waals surface area contributed by atoms with Gasteiger partial charge in [0.2, 0.25) is 5.91 Å². The number of nitrogens with one attached hydrogen (secondary N) is 2. The molecule has 0 spiro atoms. The highest BCUT2D eigenvalue weighted by Gasteiger charge is 2.21. The summed E-state index contributed by atoms with van der Waals surface area (Å²) in [5.74, 6) is 0.476. The SMILES string of the molecule is CCNc1nc(NC(C(N)=O)C(C)C)c(Cl)cc1Cl. The third-order valence-electron chi connectivity index (χ3n) is 2.54. The summed E-state index contributed by atoms with van der Waals surface area (Å²) in [4.78, 5) is 15.7. The van der Waals surface area contributed by atoms with Crippen LogP contribution in [0.5, 0.6) is 0 Å². The number of aromatic nitrogens is 1. The summed E-state index contributed by atoms with van der Waals surface area (Å²) in [5, 5.41) is 6.75. The van der Waals surface area contributed by atoms with Crippen LogP contribution in [-0.2, 0) is 4.79 Å². The van der Waals surface area contributed by atoms with Gasteiger partial charge in [0, 0.05) is 6.54 Å². The molecule has 5 nitrogen and oxygen atoms in total. The molecule has 0 aliphatic carbocycles. The van der Waals surface area contributed by atoms with E-state index in [2.05, 4.69) is 15.6 Å². The van der Waals surface area contributed by atoms with Crippen LogP contribution in [0.1, 0.15) is 20.8 Å². The maximum Gasteiger partial charge on any atom is 0.240 e. The van der Waals surface area contributed by atoms with Crippen molar-refractivity contribution >= 4 is 40.7 Å². The lowest BCUT2D eigenvalue weighted by atomic mass is 10.0. The minimum absolute atomic E-state index is 0.0219. The molecule has 0 radical (unpaired) electrons. The van der Waals surface area contributed by atoms with Crippen molar-refractivity contribution in [1.82, 2.24) is 4.98 Å². The number of nitrogens with zero attached hydrogens (tertiary/aromatic N) is 1. The average molecular weight is 305 g/mol. The molecule has 0 saturated heterocycles. The van der Waals surface area contributed by atoms with Gasteiger partial charge in [-0.15, -0.1) is 0 Å². The van der Waals surface area contributed by atoms with E-state index < -0.39 is 11.9 Å². The zero-order chi connectivity index (χ0) is 14.6.